The molecule has 0 bridgehead atoms. The number of halogens is 1. The van der Waals surface area contributed by atoms with Crippen molar-refractivity contribution in [3.8, 4) is 11.4 Å². The summed E-state index contributed by atoms with van der Waals surface area (Å²) in [7, 11) is 1.59. The Morgan fingerprint density at radius 2 is 2.33 bits per heavy atom. The molecule has 0 unspecified atom stereocenters. The van der Waals surface area contributed by atoms with Gasteiger partial charge in [-0.1, -0.05) is 28.9 Å². The van der Waals surface area contributed by atoms with E-state index in [2.05, 4.69) is 15.5 Å². The van der Waals surface area contributed by atoms with Crippen LogP contribution in [0.5, 0.6) is 0 Å². The van der Waals surface area contributed by atoms with Gasteiger partial charge < -0.3 is 14.6 Å². The molecule has 0 aliphatic carbocycles. The summed E-state index contributed by atoms with van der Waals surface area (Å²) in [5.41, 5.74) is 0.780. The third kappa shape index (κ3) is 4.84. The number of nitrogens with one attached hydrogen (secondary N) is 1. The van der Waals surface area contributed by atoms with Crippen molar-refractivity contribution in [1.29, 1.82) is 0 Å². The van der Waals surface area contributed by atoms with Crippen molar-refractivity contribution in [1.82, 2.24) is 15.5 Å². The second-order valence-corrected chi connectivity index (χ2v) is 4.80. The fourth-order valence-electron chi connectivity index (χ4n) is 1.70. The van der Waals surface area contributed by atoms with Gasteiger partial charge in [0, 0.05) is 37.1 Å². The van der Waals surface area contributed by atoms with E-state index in [9.17, 15) is 4.79 Å². The van der Waals surface area contributed by atoms with E-state index in [1.54, 1.807) is 19.2 Å². The van der Waals surface area contributed by atoms with Crippen LogP contribution in [0.3, 0.4) is 0 Å². The van der Waals surface area contributed by atoms with Crippen molar-refractivity contribution in [3.05, 3.63) is 35.2 Å². The maximum absolute atomic E-state index is 11.5. The van der Waals surface area contributed by atoms with Gasteiger partial charge in [0.2, 0.25) is 17.6 Å². The lowest BCUT2D eigenvalue weighted by molar-refractivity contribution is -0.121. The number of rotatable bonds is 7. The summed E-state index contributed by atoms with van der Waals surface area (Å²) >= 11 is 5.92. The first kappa shape index (κ1) is 15.5. The van der Waals surface area contributed by atoms with E-state index < -0.39 is 0 Å². The summed E-state index contributed by atoms with van der Waals surface area (Å²) in [5.74, 6) is 0.814. The van der Waals surface area contributed by atoms with Crippen LogP contribution in [0, 0.1) is 0 Å². The molecule has 21 heavy (non-hydrogen) atoms. The monoisotopic (exact) mass is 309 g/mol. The van der Waals surface area contributed by atoms with Gasteiger partial charge in [0.15, 0.2) is 0 Å². The molecular formula is C14H16ClN3O3. The number of methoxy groups -OCH3 is 1. The SMILES string of the molecule is COCCNC(=O)CCc1nc(-c2cccc(Cl)c2)no1. The zero-order valence-corrected chi connectivity index (χ0v) is 12.4. The third-order valence-electron chi connectivity index (χ3n) is 2.75. The molecule has 0 radical (unpaired) electrons. The largest absolute Gasteiger partial charge is 0.383 e. The Hall–Kier alpha value is -1.92. The maximum Gasteiger partial charge on any atom is 0.227 e. The summed E-state index contributed by atoms with van der Waals surface area (Å²) in [6.07, 6.45) is 0.688. The maximum atomic E-state index is 11.5. The average molecular weight is 310 g/mol. The zero-order valence-electron chi connectivity index (χ0n) is 11.6. The minimum atomic E-state index is -0.0745. The van der Waals surface area contributed by atoms with Gasteiger partial charge in [0.25, 0.3) is 0 Å². The lowest BCUT2D eigenvalue weighted by Gasteiger charge is -2.02. The number of aromatic nitrogens is 2. The standard InChI is InChI=1S/C14H16ClN3O3/c1-20-8-7-16-12(19)5-6-13-17-14(18-21-13)10-3-2-4-11(15)9-10/h2-4,9H,5-8H2,1H3,(H,16,19). The van der Waals surface area contributed by atoms with Crippen molar-refractivity contribution < 1.29 is 14.1 Å². The van der Waals surface area contributed by atoms with Crippen molar-refractivity contribution in [2.24, 2.45) is 0 Å². The topological polar surface area (TPSA) is 77.2 Å². The highest BCUT2D eigenvalue weighted by atomic mass is 35.5. The molecule has 112 valence electrons. The molecular weight excluding hydrogens is 294 g/mol. The number of nitrogens with zero attached hydrogens (tertiary/aromatic N) is 2. The van der Waals surface area contributed by atoms with Crippen LogP contribution in [0.2, 0.25) is 5.02 Å². The first-order valence-corrected chi connectivity index (χ1v) is 6.91. The Kier molecular flexibility index (Phi) is 5.71. The predicted molar refractivity (Wildman–Crippen MR) is 78.0 cm³/mol. The van der Waals surface area contributed by atoms with Gasteiger partial charge >= 0.3 is 0 Å². The zero-order chi connectivity index (χ0) is 15.1. The number of aryl methyl sites for hydroxylation is 1. The number of carbonyl (C=O) groups excluding carboxylic acids is 1. The van der Waals surface area contributed by atoms with Crippen molar-refractivity contribution >= 4 is 17.5 Å². The molecule has 0 saturated heterocycles. The van der Waals surface area contributed by atoms with Crippen LogP contribution in [-0.2, 0) is 16.0 Å². The molecule has 1 aromatic heterocycles. The molecule has 2 rings (SSSR count). The molecule has 0 spiro atoms. The fraction of sp³-hybridized carbons (Fsp3) is 0.357. The summed E-state index contributed by atoms with van der Waals surface area (Å²) in [4.78, 5) is 15.8. The molecule has 0 aliphatic heterocycles. The molecule has 1 amide bonds. The van der Waals surface area contributed by atoms with Crippen LogP contribution in [0.25, 0.3) is 11.4 Å². The van der Waals surface area contributed by atoms with Crippen molar-refractivity contribution in [3.63, 3.8) is 0 Å². The van der Waals surface area contributed by atoms with Crippen molar-refractivity contribution in [2.45, 2.75) is 12.8 Å². The molecule has 0 saturated carbocycles. The van der Waals surface area contributed by atoms with E-state index in [0.29, 0.717) is 42.7 Å². The highest BCUT2D eigenvalue weighted by molar-refractivity contribution is 6.30. The average Bonchev–Trinajstić information content (AvgIpc) is 2.94. The predicted octanol–water partition coefficient (Wildman–Crippen LogP) is 2.09. The highest BCUT2D eigenvalue weighted by Gasteiger charge is 2.10. The number of carbonyl (C=O) groups is 1. The Labute approximate surface area is 127 Å². The molecule has 1 heterocycles. The molecule has 0 fully saturated rings. The van der Waals surface area contributed by atoms with E-state index in [-0.39, 0.29) is 5.91 Å². The van der Waals surface area contributed by atoms with Crippen LogP contribution in [0.15, 0.2) is 28.8 Å². The minimum absolute atomic E-state index is 0.0745. The first-order valence-electron chi connectivity index (χ1n) is 6.53. The van der Waals surface area contributed by atoms with Gasteiger partial charge in [0.1, 0.15) is 0 Å². The number of ether oxygens (including phenoxy) is 1. The number of benzene rings is 1. The highest BCUT2D eigenvalue weighted by Crippen LogP contribution is 2.20. The summed E-state index contributed by atoms with van der Waals surface area (Å²) in [6.45, 7) is 0.984. The van der Waals surface area contributed by atoms with Gasteiger partial charge in [-0.2, -0.15) is 4.98 Å². The molecule has 2 aromatic rings. The second-order valence-electron chi connectivity index (χ2n) is 4.36. The van der Waals surface area contributed by atoms with Crippen LogP contribution in [-0.4, -0.2) is 36.3 Å². The normalized spacial score (nSPS) is 10.6. The molecule has 0 atom stereocenters. The van der Waals surface area contributed by atoms with E-state index in [0.717, 1.165) is 5.56 Å². The molecule has 1 N–H and O–H groups in total. The summed E-state index contributed by atoms with van der Waals surface area (Å²) in [6, 6.07) is 7.19. The number of hydrogen-bond acceptors (Lipinski definition) is 5. The Balaban J connectivity index is 1.87. The van der Waals surface area contributed by atoms with Gasteiger partial charge in [-0.3, -0.25) is 4.79 Å². The van der Waals surface area contributed by atoms with Gasteiger partial charge in [-0.25, -0.2) is 0 Å². The first-order chi connectivity index (χ1) is 10.2. The molecule has 1 aromatic carbocycles. The lowest BCUT2D eigenvalue weighted by atomic mass is 10.2. The van der Waals surface area contributed by atoms with E-state index in [1.807, 2.05) is 12.1 Å². The lowest BCUT2D eigenvalue weighted by Crippen LogP contribution is -2.27. The second kappa shape index (κ2) is 7.75. The van der Waals surface area contributed by atoms with Crippen LogP contribution in [0.4, 0.5) is 0 Å². The minimum Gasteiger partial charge on any atom is -0.383 e. The van der Waals surface area contributed by atoms with Gasteiger partial charge in [-0.05, 0) is 12.1 Å². The van der Waals surface area contributed by atoms with Crippen LogP contribution in [0.1, 0.15) is 12.3 Å². The Bertz CT molecular complexity index is 601. The smallest absolute Gasteiger partial charge is 0.227 e. The van der Waals surface area contributed by atoms with Crippen LogP contribution < -0.4 is 5.32 Å². The summed E-state index contributed by atoms with van der Waals surface area (Å²) in [5, 5.41) is 7.22. The van der Waals surface area contributed by atoms with Gasteiger partial charge in [-0.15, -0.1) is 0 Å². The fourth-order valence-corrected chi connectivity index (χ4v) is 1.89. The third-order valence-corrected chi connectivity index (χ3v) is 2.98. The summed E-state index contributed by atoms with van der Waals surface area (Å²) < 4.78 is 9.98. The quantitative estimate of drug-likeness (QED) is 0.792. The van der Waals surface area contributed by atoms with Crippen LogP contribution >= 0.6 is 11.6 Å². The molecule has 6 nitrogen and oxygen atoms in total. The van der Waals surface area contributed by atoms with E-state index >= 15 is 0 Å². The van der Waals surface area contributed by atoms with E-state index in [4.69, 9.17) is 20.9 Å². The van der Waals surface area contributed by atoms with Crippen molar-refractivity contribution in [2.75, 3.05) is 20.3 Å². The Morgan fingerprint density at radius 1 is 1.48 bits per heavy atom. The number of hydrogen-bond donors (Lipinski definition) is 1. The van der Waals surface area contributed by atoms with E-state index in [1.165, 1.54) is 0 Å². The molecule has 7 heteroatoms. The Morgan fingerprint density at radius 3 is 3.10 bits per heavy atom. The van der Waals surface area contributed by atoms with Gasteiger partial charge in [0.05, 0.1) is 6.61 Å². The molecule has 0 aliphatic rings. The number of amides is 1.